The fraction of sp³-hybridized carbons (Fsp3) is 0.292. The second kappa shape index (κ2) is 9.75. The minimum Gasteiger partial charge on any atom is -0.478 e. The lowest BCUT2D eigenvalue weighted by Crippen LogP contribution is -2.25. The number of carboxylic acids is 1. The summed E-state index contributed by atoms with van der Waals surface area (Å²) in [6.45, 7) is 4.55. The summed E-state index contributed by atoms with van der Waals surface area (Å²) in [6, 6.07) is 14.6. The molecule has 3 aromatic rings. The Morgan fingerprint density at radius 2 is 1.87 bits per heavy atom. The Hall–Kier alpha value is -3.59. The predicted octanol–water partition coefficient (Wildman–Crippen LogP) is 3.82. The molecule has 6 nitrogen and oxygen atoms in total. The molecule has 0 fully saturated rings. The predicted molar refractivity (Wildman–Crippen MR) is 116 cm³/mol. The quantitative estimate of drug-likeness (QED) is 0.580. The van der Waals surface area contributed by atoms with E-state index in [1.807, 2.05) is 30.3 Å². The molecule has 6 heteroatoms. The van der Waals surface area contributed by atoms with Gasteiger partial charge in [0.2, 0.25) is 0 Å². The Morgan fingerprint density at radius 3 is 2.53 bits per heavy atom. The first-order chi connectivity index (χ1) is 14.5. The number of rotatable bonds is 8. The van der Waals surface area contributed by atoms with Crippen molar-refractivity contribution in [3.05, 3.63) is 76.0 Å². The molecule has 0 atom stereocenters. The zero-order valence-electron chi connectivity index (χ0n) is 17.3. The summed E-state index contributed by atoms with van der Waals surface area (Å²) >= 11 is 0. The van der Waals surface area contributed by atoms with Gasteiger partial charge in [0.05, 0.1) is 12.1 Å². The van der Waals surface area contributed by atoms with E-state index < -0.39 is 5.97 Å². The highest BCUT2D eigenvalue weighted by atomic mass is 16.4. The molecule has 30 heavy (non-hydrogen) atoms. The second-order valence-electron chi connectivity index (χ2n) is 7.02. The summed E-state index contributed by atoms with van der Waals surface area (Å²) < 4.78 is 3.12. The summed E-state index contributed by atoms with van der Waals surface area (Å²) in [4.78, 5) is 24.3. The fourth-order valence-electron chi connectivity index (χ4n) is 3.32. The molecule has 0 aliphatic carbocycles. The van der Waals surface area contributed by atoms with Gasteiger partial charge >= 0.3 is 11.7 Å². The van der Waals surface area contributed by atoms with Crippen LogP contribution in [0.25, 0.3) is 11.1 Å². The van der Waals surface area contributed by atoms with Crippen molar-refractivity contribution in [2.45, 2.75) is 46.2 Å². The van der Waals surface area contributed by atoms with Crippen LogP contribution in [0.5, 0.6) is 0 Å². The smallest absolute Gasteiger partial charge is 0.347 e. The minimum atomic E-state index is -0.954. The highest BCUT2D eigenvalue weighted by Gasteiger charge is 2.14. The molecule has 0 spiro atoms. The lowest BCUT2D eigenvalue weighted by Gasteiger charge is -2.09. The van der Waals surface area contributed by atoms with Crippen LogP contribution in [0.1, 0.15) is 48.4 Å². The summed E-state index contributed by atoms with van der Waals surface area (Å²) in [5.74, 6) is 5.50. The number of benzene rings is 2. The Kier molecular flexibility index (Phi) is 6.87. The van der Waals surface area contributed by atoms with Gasteiger partial charge in [0, 0.05) is 6.42 Å². The van der Waals surface area contributed by atoms with E-state index in [0.717, 1.165) is 36.2 Å². The van der Waals surface area contributed by atoms with Gasteiger partial charge in [-0.05, 0) is 36.1 Å². The van der Waals surface area contributed by atoms with Crippen molar-refractivity contribution >= 4 is 5.97 Å². The van der Waals surface area contributed by atoms with Crippen molar-refractivity contribution in [2.24, 2.45) is 0 Å². The Labute approximate surface area is 175 Å². The Bertz CT molecular complexity index is 1140. The van der Waals surface area contributed by atoms with Crippen LogP contribution in [0.15, 0.2) is 53.3 Å². The van der Waals surface area contributed by atoms with Crippen LogP contribution in [0, 0.1) is 11.8 Å². The summed E-state index contributed by atoms with van der Waals surface area (Å²) in [7, 11) is 0. The zero-order valence-corrected chi connectivity index (χ0v) is 17.3. The van der Waals surface area contributed by atoms with E-state index in [1.165, 1.54) is 4.68 Å². The summed E-state index contributed by atoms with van der Waals surface area (Å²) in [5.41, 5.74) is 2.55. The first-order valence-corrected chi connectivity index (χ1v) is 10.0. The lowest BCUT2D eigenvalue weighted by atomic mass is 9.99. The van der Waals surface area contributed by atoms with E-state index in [0.29, 0.717) is 12.1 Å². The highest BCUT2D eigenvalue weighted by molar-refractivity contribution is 5.95. The number of aromatic carboxylic acids is 1. The van der Waals surface area contributed by atoms with Gasteiger partial charge in [-0.1, -0.05) is 61.7 Å². The van der Waals surface area contributed by atoms with E-state index >= 15 is 0 Å². The molecular weight excluding hydrogens is 378 g/mol. The van der Waals surface area contributed by atoms with Crippen LogP contribution in [-0.4, -0.2) is 25.4 Å². The van der Waals surface area contributed by atoms with E-state index in [9.17, 15) is 14.7 Å². The maximum absolute atomic E-state index is 12.8. The maximum Gasteiger partial charge on any atom is 0.347 e. The molecule has 0 radical (unpaired) electrons. The van der Waals surface area contributed by atoms with E-state index in [-0.39, 0.29) is 17.8 Å². The standard InChI is InChI=1S/C24H25N3O3/c1-3-5-11-22-25-27(16-6-4-2)24(30)26(22)17-18-12-14-19(15-13-18)20-9-7-8-10-21(20)23(28)29/h7-10,12-15H,3,5,11,16-17H2,1-2H3,(H,28,29). The number of nitrogens with zero attached hydrogens (tertiary/aromatic N) is 3. The van der Waals surface area contributed by atoms with E-state index in [2.05, 4.69) is 23.9 Å². The molecule has 0 bridgehead atoms. The van der Waals surface area contributed by atoms with Crippen molar-refractivity contribution < 1.29 is 9.90 Å². The van der Waals surface area contributed by atoms with Gasteiger partial charge < -0.3 is 5.11 Å². The molecule has 0 unspecified atom stereocenters. The number of aromatic nitrogens is 3. The lowest BCUT2D eigenvalue weighted by molar-refractivity contribution is 0.0697. The van der Waals surface area contributed by atoms with Gasteiger partial charge in [0.1, 0.15) is 12.4 Å². The van der Waals surface area contributed by atoms with Gasteiger partial charge in [-0.2, -0.15) is 5.10 Å². The van der Waals surface area contributed by atoms with Crippen molar-refractivity contribution in [2.75, 3.05) is 0 Å². The van der Waals surface area contributed by atoms with Gasteiger partial charge in [-0.3, -0.25) is 4.57 Å². The van der Waals surface area contributed by atoms with E-state index in [1.54, 1.807) is 29.7 Å². The van der Waals surface area contributed by atoms with Crippen LogP contribution >= 0.6 is 0 Å². The van der Waals surface area contributed by atoms with Crippen LogP contribution < -0.4 is 5.69 Å². The number of carbonyl (C=O) groups is 1. The molecule has 154 valence electrons. The molecule has 1 N–H and O–H groups in total. The van der Waals surface area contributed by atoms with Gasteiger partial charge in [-0.15, -0.1) is 5.92 Å². The minimum absolute atomic E-state index is 0.163. The molecule has 2 aromatic carbocycles. The molecule has 1 heterocycles. The third-order valence-electron chi connectivity index (χ3n) is 4.92. The molecule has 1 aromatic heterocycles. The molecule has 0 saturated heterocycles. The molecule has 0 saturated carbocycles. The third kappa shape index (κ3) is 4.69. The maximum atomic E-state index is 12.8. The van der Waals surface area contributed by atoms with Gasteiger partial charge in [0.25, 0.3) is 0 Å². The molecule has 0 aliphatic heterocycles. The Balaban J connectivity index is 1.90. The van der Waals surface area contributed by atoms with Crippen molar-refractivity contribution in [1.82, 2.24) is 14.3 Å². The van der Waals surface area contributed by atoms with Crippen molar-refractivity contribution in [1.29, 1.82) is 0 Å². The average Bonchev–Trinajstić information content (AvgIpc) is 3.05. The van der Waals surface area contributed by atoms with Crippen LogP contribution in [0.4, 0.5) is 0 Å². The van der Waals surface area contributed by atoms with Crippen molar-refractivity contribution in [3.63, 3.8) is 0 Å². The monoisotopic (exact) mass is 403 g/mol. The Morgan fingerprint density at radius 1 is 1.13 bits per heavy atom. The van der Waals surface area contributed by atoms with E-state index in [4.69, 9.17) is 0 Å². The normalized spacial score (nSPS) is 10.5. The first-order valence-electron chi connectivity index (χ1n) is 10.0. The average molecular weight is 403 g/mol. The molecule has 0 amide bonds. The SMILES string of the molecule is CC#CCn1nc(CCCC)n(Cc2ccc(-c3ccccc3C(=O)O)cc2)c1=O. The third-order valence-corrected chi connectivity index (χ3v) is 4.92. The fourth-order valence-corrected chi connectivity index (χ4v) is 3.32. The van der Waals surface area contributed by atoms with Gasteiger partial charge in [-0.25, -0.2) is 14.3 Å². The van der Waals surface area contributed by atoms with Crippen LogP contribution in [0.3, 0.4) is 0 Å². The zero-order chi connectivity index (χ0) is 21.5. The number of unbranched alkanes of at least 4 members (excludes halogenated alkanes) is 1. The van der Waals surface area contributed by atoms with Gasteiger partial charge in [0.15, 0.2) is 0 Å². The number of aryl methyl sites for hydroxylation is 1. The topological polar surface area (TPSA) is 77.1 Å². The highest BCUT2D eigenvalue weighted by Crippen LogP contribution is 2.24. The molecule has 3 rings (SSSR count). The largest absolute Gasteiger partial charge is 0.478 e. The second-order valence-corrected chi connectivity index (χ2v) is 7.02. The number of hydrogen-bond donors (Lipinski definition) is 1. The first kappa shape index (κ1) is 21.1. The molecule has 0 aliphatic rings. The summed E-state index contributed by atoms with van der Waals surface area (Å²) in [5, 5.41) is 13.9. The van der Waals surface area contributed by atoms with Crippen LogP contribution in [0.2, 0.25) is 0 Å². The summed E-state index contributed by atoms with van der Waals surface area (Å²) in [6.07, 6.45) is 2.72. The number of carboxylic acid groups (broad SMARTS) is 1. The van der Waals surface area contributed by atoms with Crippen molar-refractivity contribution in [3.8, 4) is 23.0 Å². The number of hydrogen-bond acceptors (Lipinski definition) is 3. The molecular formula is C24H25N3O3. The van der Waals surface area contributed by atoms with Crippen LogP contribution in [-0.2, 0) is 19.5 Å².